The van der Waals surface area contributed by atoms with Crippen molar-refractivity contribution >= 4 is 29.9 Å². The van der Waals surface area contributed by atoms with Crippen LogP contribution >= 0.6 is 24.0 Å². The van der Waals surface area contributed by atoms with E-state index in [1.807, 2.05) is 0 Å². The first-order valence-corrected chi connectivity index (χ1v) is 10.0. The Morgan fingerprint density at radius 2 is 1.85 bits per heavy atom. The molecular weight excluding hydrogens is 435 g/mol. The van der Waals surface area contributed by atoms with E-state index >= 15 is 0 Å². The van der Waals surface area contributed by atoms with Crippen molar-refractivity contribution in [2.75, 3.05) is 39.3 Å². The molecule has 0 spiro atoms. The van der Waals surface area contributed by atoms with Crippen molar-refractivity contribution in [3.8, 4) is 0 Å². The summed E-state index contributed by atoms with van der Waals surface area (Å²) in [5.41, 5.74) is 1.35. The van der Waals surface area contributed by atoms with Gasteiger partial charge in [-0.3, -0.25) is 4.99 Å². The molecule has 1 aromatic rings. The molecule has 1 aliphatic rings. The smallest absolute Gasteiger partial charge is 0.191 e. The Morgan fingerprint density at radius 1 is 1.15 bits per heavy atom. The van der Waals surface area contributed by atoms with E-state index in [0.29, 0.717) is 5.92 Å². The summed E-state index contributed by atoms with van der Waals surface area (Å²) < 4.78 is 0. The molecule has 148 valence electrons. The van der Waals surface area contributed by atoms with E-state index in [0.717, 1.165) is 31.5 Å². The summed E-state index contributed by atoms with van der Waals surface area (Å²) in [7, 11) is 0. The second kappa shape index (κ2) is 13.4. The van der Waals surface area contributed by atoms with Gasteiger partial charge in [-0.2, -0.15) is 0 Å². The van der Waals surface area contributed by atoms with Crippen LogP contribution in [-0.4, -0.2) is 50.1 Å². The van der Waals surface area contributed by atoms with Gasteiger partial charge < -0.3 is 15.5 Å². The zero-order chi connectivity index (χ0) is 17.9. The number of piperidine rings is 1. The predicted octanol–water partition coefficient (Wildman–Crippen LogP) is 4.09. The highest BCUT2D eigenvalue weighted by Gasteiger charge is 2.17. The molecule has 0 radical (unpaired) electrons. The number of likely N-dealkylation sites (tertiary alicyclic amines) is 1. The zero-order valence-electron chi connectivity index (χ0n) is 16.7. The van der Waals surface area contributed by atoms with Crippen LogP contribution in [0.15, 0.2) is 35.3 Å². The molecule has 1 saturated heterocycles. The van der Waals surface area contributed by atoms with Gasteiger partial charge in [0, 0.05) is 25.6 Å². The third-order valence-electron chi connectivity index (χ3n) is 5.24. The average Bonchev–Trinajstić information content (AvgIpc) is 2.67. The lowest BCUT2D eigenvalue weighted by atomic mass is 9.93. The van der Waals surface area contributed by atoms with Crippen molar-refractivity contribution in [2.24, 2.45) is 10.9 Å². The number of hydrogen-bond donors (Lipinski definition) is 2. The molecule has 0 saturated carbocycles. The Balaban J connectivity index is 0.00000338. The van der Waals surface area contributed by atoms with E-state index in [9.17, 15) is 0 Å². The lowest BCUT2D eigenvalue weighted by Crippen LogP contribution is -2.39. The minimum atomic E-state index is 0. The molecule has 0 bridgehead atoms. The molecule has 2 N–H and O–H groups in total. The van der Waals surface area contributed by atoms with Gasteiger partial charge in [-0.15, -0.1) is 24.0 Å². The number of halogens is 1. The Hall–Kier alpha value is -0.820. The zero-order valence-corrected chi connectivity index (χ0v) is 19.0. The summed E-state index contributed by atoms with van der Waals surface area (Å²) in [5.74, 6) is 2.26. The minimum Gasteiger partial charge on any atom is -0.357 e. The quantitative estimate of drug-likeness (QED) is 0.340. The number of hydrogen-bond acceptors (Lipinski definition) is 2. The molecule has 0 aliphatic carbocycles. The normalized spacial score (nSPS) is 17.4. The average molecular weight is 472 g/mol. The number of nitrogens with one attached hydrogen (secondary N) is 2. The molecule has 0 aromatic heterocycles. The van der Waals surface area contributed by atoms with Crippen molar-refractivity contribution < 1.29 is 0 Å². The van der Waals surface area contributed by atoms with Gasteiger partial charge >= 0.3 is 0 Å². The summed E-state index contributed by atoms with van der Waals surface area (Å²) in [6.45, 7) is 13.1. The molecule has 2 rings (SSSR count). The summed E-state index contributed by atoms with van der Waals surface area (Å²) in [5, 5.41) is 6.90. The van der Waals surface area contributed by atoms with Crippen LogP contribution in [0.1, 0.15) is 51.5 Å². The van der Waals surface area contributed by atoms with Crippen LogP contribution < -0.4 is 10.6 Å². The van der Waals surface area contributed by atoms with Crippen molar-refractivity contribution in [1.82, 2.24) is 15.5 Å². The van der Waals surface area contributed by atoms with E-state index in [4.69, 9.17) is 4.99 Å². The van der Waals surface area contributed by atoms with Crippen molar-refractivity contribution in [2.45, 2.75) is 46.0 Å². The fraction of sp³-hybridized carbons (Fsp3) is 0.667. The molecule has 1 fully saturated rings. The standard InChI is InChI=1S/C21H36N4.HI/c1-4-22-21(24-17-18(3)20-9-7-6-8-10-20)23-14-11-19-12-15-25(5-2)16-13-19;/h6-10,18-19H,4-5,11-17H2,1-3H3,(H2,22,23,24);1H. The molecule has 1 heterocycles. The maximum atomic E-state index is 4.78. The van der Waals surface area contributed by atoms with Gasteiger partial charge in [-0.1, -0.05) is 44.2 Å². The predicted molar refractivity (Wildman–Crippen MR) is 124 cm³/mol. The Bertz CT molecular complexity index is 498. The Morgan fingerprint density at radius 3 is 2.46 bits per heavy atom. The second-order valence-corrected chi connectivity index (χ2v) is 7.12. The molecule has 1 atom stereocenters. The summed E-state index contributed by atoms with van der Waals surface area (Å²) in [4.78, 5) is 7.34. The summed E-state index contributed by atoms with van der Waals surface area (Å²) in [6.07, 6.45) is 3.93. The summed E-state index contributed by atoms with van der Waals surface area (Å²) in [6, 6.07) is 10.6. The fourth-order valence-corrected chi connectivity index (χ4v) is 3.44. The van der Waals surface area contributed by atoms with Crippen LogP contribution in [0, 0.1) is 5.92 Å². The summed E-state index contributed by atoms with van der Waals surface area (Å²) >= 11 is 0. The SMILES string of the molecule is CCNC(=NCC(C)c1ccccc1)NCCC1CCN(CC)CC1.I. The van der Waals surface area contributed by atoms with Gasteiger partial charge in [0.2, 0.25) is 0 Å². The third kappa shape index (κ3) is 8.25. The first-order chi connectivity index (χ1) is 12.2. The third-order valence-corrected chi connectivity index (χ3v) is 5.24. The minimum absolute atomic E-state index is 0. The molecule has 4 nitrogen and oxygen atoms in total. The number of nitrogens with zero attached hydrogens (tertiary/aromatic N) is 2. The number of rotatable bonds is 8. The van der Waals surface area contributed by atoms with Crippen LogP contribution in [0.2, 0.25) is 0 Å². The molecule has 1 aromatic carbocycles. The highest BCUT2D eigenvalue weighted by Crippen LogP contribution is 2.19. The number of guanidine groups is 1. The van der Waals surface area contributed by atoms with Gasteiger partial charge in [0.15, 0.2) is 5.96 Å². The van der Waals surface area contributed by atoms with Gasteiger partial charge in [0.05, 0.1) is 0 Å². The van der Waals surface area contributed by atoms with E-state index in [-0.39, 0.29) is 24.0 Å². The van der Waals surface area contributed by atoms with Gasteiger partial charge in [0.1, 0.15) is 0 Å². The Labute approximate surface area is 177 Å². The molecule has 1 aliphatic heterocycles. The molecule has 0 amide bonds. The van der Waals surface area contributed by atoms with Crippen molar-refractivity contribution in [3.05, 3.63) is 35.9 Å². The highest BCUT2D eigenvalue weighted by molar-refractivity contribution is 14.0. The van der Waals surface area contributed by atoms with E-state index < -0.39 is 0 Å². The van der Waals surface area contributed by atoms with Crippen LogP contribution in [0.4, 0.5) is 0 Å². The van der Waals surface area contributed by atoms with Crippen LogP contribution in [0.3, 0.4) is 0 Å². The lowest BCUT2D eigenvalue weighted by molar-refractivity contribution is 0.187. The lowest BCUT2D eigenvalue weighted by Gasteiger charge is -2.31. The van der Waals surface area contributed by atoms with Gasteiger partial charge in [0.25, 0.3) is 0 Å². The molecule has 5 heteroatoms. The number of aliphatic imine (C=N–C) groups is 1. The van der Waals surface area contributed by atoms with Crippen LogP contribution in [0.5, 0.6) is 0 Å². The monoisotopic (exact) mass is 472 g/mol. The highest BCUT2D eigenvalue weighted by atomic mass is 127. The van der Waals surface area contributed by atoms with Crippen LogP contribution in [-0.2, 0) is 0 Å². The first kappa shape index (κ1) is 23.2. The van der Waals surface area contributed by atoms with Gasteiger partial charge in [-0.05, 0) is 57.3 Å². The maximum Gasteiger partial charge on any atom is 0.191 e. The molecule has 26 heavy (non-hydrogen) atoms. The van der Waals surface area contributed by atoms with Crippen LogP contribution in [0.25, 0.3) is 0 Å². The topological polar surface area (TPSA) is 39.7 Å². The fourth-order valence-electron chi connectivity index (χ4n) is 3.44. The molecular formula is C21H37IN4. The van der Waals surface area contributed by atoms with Gasteiger partial charge in [-0.25, -0.2) is 0 Å². The molecule has 1 unspecified atom stereocenters. The Kier molecular flexibility index (Phi) is 11.9. The van der Waals surface area contributed by atoms with Crippen molar-refractivity contribution in [3.63, 3.8) is 0 Å². The maximum absolute atomic E-state index is 4.78. The first-order valence-electron chi connectivity index (χ1n) is 10.0. The number of benzene rings is 1. The second-order valence-electron chi connectivity index (χ2n) is 7.12. The largest absolute Gasteiger partial charge is 0.357 e. The van der Waals surface area contributed by atoms with E-state index in [1.54, 1.807) is 0 Å². The van der Waals surface area contributed by atoms with Crippen molar-refractivity contribution in [1.29, 1.82) is 0 Å². The van der Waals surface area contributed by atoms with E-state index in [1.165, 1.54) is 44.5 Å². The van der Waals surface area contributed by atoms with E-state index in [2.05, 4.69) is 66.6 Å².